The Morgan fingerprint density at radius 3 is 3.00 bits per heavy atom. The third-order valence-corrected chi connectivity index (χ3v) is 4.26. The van der Waals surface area contributed by atoms with E-state index in [9.17, 15) is 4.79 Å². The number of nitrogens with one attached hydrogen (secondary N) is 1. The monoisotopic (exact) mass is 289 g/mol. The van der Waals surface area contributed by atoms with Gasteiger partial charge >= 0.3 is 0 Å². The summed E-state index contributed by atoms with van der Waals surface area (Å²) >= 11 is 0. The van der Waals surface area contributed by atoms with Gasteiger partial charge in [0.05, 0.1) is 17.9 Å². The van der Waals surface area contributed by atoms with Gasteiger partial charge in [-0.1, -0.05) is 12.1 Å². The fourth-order valence-electron chi connectivity index (χ4n) is 3.22. The number of anilines is 2. The average Bonchev–Trinajstić information content (AvgIpc) is 2.48. The summed E-state index contributed by atoms with van der Waals surface area (Å²) in [6, 6.07) is 6.25. The Labute approximate surface area is 125 Å². The molecule has 0 unspecified atom stereocenters. The molecule has 2 heterocycles. The third-order valence-electron chi connectivity index (χ3n) is 4.26. The molecule has 0 radical (unpaired) electrons. The second-order valence-electron chi connectivity index (χ2n) is 5.83. The molecular formula is C16H23N3O2. The predicted molar refractivity (Wildman–Crippen MR) is 83.4 cm³/mol. The maximum absolute atomic E-state index is 12.3. The molecule has 1 saturated heterocycles. The molecule has 1 aromatic rings. The smallest absolute Gasteiger partial charge is 0.239 e. The number of carbonyl (C=O) groups excluding carboxylic acids is 1. The van der Waals surface area contributed by atoms with E-state index in [-0.39, 0.29) is 11.9 Å². The molecule has 3 N–H and O–H groups in total. The van der Waals surface area contributed by atoms with Crippen molar-refractivity contribution in [2.24, 2.45) is 0 Å². The lowest BCUT2D eigenvalue weighted by molar-refractivity contribution is -0.121. The highest BCUT2D eigenvalue weighted by molar-refractivity contribution is 5.84. The fourth-order valence-corrected chi connectivity index (χ4v) is 3.22. The van der Waals surface area contributed by atoms with Gasteiger partial charge in [0, 0.05) is 25.8 Å². The number of nitrogens with zero attached hydrogens (tertiary/aromatic N) is 1. The summed E-state index contributed by atoms with van der Waals surface area (Å²) in [6.07, 6.45) is 3.92. The van der Waals surface area contributed by atoms with Crippen LogP contribution >= 0.6 is 0 Å². The topological polar surface area (TPSA) is 67.6 Å². The zero-order valence-corrected chi connectivity index (χ0v) is 12.3. The molecule has 0 saturated carbocycles. The van der Waals surface area contributed by atoms with Crippen molar-refractivity contribution in [1.82, 2.24) is 5.32 Å². The van der Waals surface area contributed by atoms with Crippen molar-refractivity contribution in [3.63, 3.8) is 0 Å². The first-order valence-corrected chi connectivity index (χ1v) is 7.73. The van der Waals surface area contributed by atoms with E-state index in [1.807, 2.05) is 12.1 Å². The van der Waals surface area contributed by atoms with E-state index in [0.29, 0.717) is 6.54 Å². The summed E-state index contributed by atoms with van der Waals surface area (Å²) in [5, 5.41) is 3.12. The Morgan fingerprint density at radius 1 is 1.38 bits per heavy atom. The molecule has 5 nitrogen and oxygen atoms in total. The lowest BCUT2D eigenvalue weighted by atomic mass is 10.0. The highest BCUT2D eigenvalue weighted by atomic mass is 16.5. The number of hydrogen-bond donors (Lipinski definition) is 2. The molecular weight excluding hydrogens is 266 g/mol. The number of nitrogen functional groups attached to an aromatic ring is 1. The van der Waals surface area contributed by atoms with Gasteiger partial charge in [0.1, 0.15) is 0 Å². The van der Waals surface area contributed by atoms with Gasteiger partial charge in [-0.3, -0.25) is 4.79 Å². The number of rotatable bonds is 3. The van der Waals surface area contributed by atoms with Crippen molar-refractivity contribution >= 4 is 17.3 Å². The molecule has 114 valence electrons. The number of fused-ring (bicyclic) bond motifs is 1. The lowest BCUT2D eigenvalue weighted by Gasteiger charge is -2.32. The highest BCUT2D eigenvalue weighted by Gasteiger charge is 2.23. The minimum atomic E-state index is 0.0815. The number of nitrogens with two attached hydrogens (primary N) is 1. The maximum atomic E-state index is 12.3. The van der Waals surface area contributed by atoms with E-state index >= 15 is 0 Å². The standard InChI is InChI=1S/C16H23N3O2/c17-14-5-1-3-12-4-2-8-19(16(12)14)11-15(20)18-13-6-9-21-10-7-13/h1,3,5,13H,2,4,6-11,17H2,(H,18,20). The zero-order valence-electron chi connectivity index (χ0n) is 12.3. The largest absolute Gasteiger partial charge is 0.397 e. The third kappa shape index (κ3) is 3.29. The van der Waals surface area contributed by atoms with Gasteiger partial charge in [0.15, 0.2) is 0 Å². The molecule has 5 heteroatoms. The van der Waals surface area contributed by atoms with Gasteiger partial charge in [0.2, 0.25) is 5.91 Å². The molecule has 21 heavy (non-hydrogen) atoms. The van der Waals surface area contributed by atoms with Crippen LogP contribution in [0.4, 0.5) is 11.4 Å². The van der Waals surface area contributed by atoms with Crippen LogP contribution in [0.15, 0.2) is 18.2 Å². The van der Waals surface area contributed by atoms with E-state index < -0.39 is 0 Å². The van der Waals surface area contributed by atoms with Crippen molar-refractivity contribution in [2.75, 3.05) is 36.9 Å². The average molecular weight is 289 g/mol. The van der Waals surface area contributed by atoms with Crippen molar-refractivity contribution in [3.8, 4) is 0 Å². The van der Waals surface area contributed by atoms with Crippen LogP contribution in [-0.2, 0) is 16.0 Å². The Balaban J connectivity index is 1.64. The minimum Gasteiger partial charge on any atom is -0.397 e. The summed E-state index contributed by atoms with van der Waals surface area (Å²) in [5.41, 5.74) is 9.17. The molecule has 0 aromatic heterocycles. The van der Waals surface area contributed by atoms with Crippen molar-refractivity contribution in [3.05, 3.63) is 23.8 Å². The summed E-state index contributed by atoms with van der Waals surface area (Å²) < 4.78 is 5.32. The summed E-state index contributed by atoms with van der Waals surface area (Å²) in [7, 11) is 0. The lowest BCUT2D eigenvalue weighted by Crippen LogP contribution is -2.45. The van der Waals surface area contributed by atoms with Crippen LogP contribution in [0.25, 0.3) is 0 Å². The quantitative estimate of drug-likeness (QED) is 0.824. The number of aryl methyl sites for hydroxylation is 1. The summed E-state index contributed by atoms with van der Waals surface area (Å²) in [4.78, 5) is 14.4. The van der Waals surface area contributed by atoms with Crippen LogP contribution in [0.5, 0.6) is 0 Å². The Hall–Kier alpha value is -1.75. The number of amides is 1. The first-order chi connectivity index (χ1) is 10.2. The first-order valence-electron chi connectivity index (χ1n) is 7.73. The molecule has 3 rings (SSSR count). The van der Waals surface area contributed by atoms with Crippen LogP contribution in [0, 0.1) is 0 Å². The molecule has 1 aromatic carbocycles. The molecule has 2 aliphatic rings. The molecule has 0 spiro atoms. The molecule has 0 bridgehead atoms. The summed E-state index contributed by atoms with van der Waals surface area (Å²) in [6.45, 7) is 2.76. The number of carbonyl (C=O) groups is 1. The van der Waals surface area contributed by atoms with E-state index in [4.69, 9.17) is 10.5 Å². The van der Waals surface area contributed by atoms with Gasteiger partial charge in [-0.2, -0.15) is 0 Å². The van der Waals surface area contributed by atoms with Gasteiger partial charge in [-0.25, -0.2) is 0 Å². The Morgan fingerprint density at radius 2 is 2.19 bits per heavy atom. The van der Waals surface area contributed by atoms with Gasteiger partial charge < -0.3 is 20.7 Å². The number of ether oxygens (including phenoxy) is 1. The van der Waals surface area contributed by atoms with E-state index in [2.05, 4.69) is 16.3 Å². The first kappa shape index (κ1) is 14.2. The zero-order chi connectivity index (χ0) is 14.7. The SMILES string of the molecule is Nc1cccc2c1N(CC(=O)NC1CCOCC1)CCC2. The molecule has 1 fully saturated rings. The number of para-hydroxylation sites is 1. The van der Waals surface area contributed by atoms with Gasteiger partial charge in [0.25, 0.3) is 0 Å². The Bertz CT molecular complexity index is 512. The minimum absolute atomic E-state index is 0.0815. The van der Waals surface area contributed by atoms with Crippen LogP contribution in [-0.4, -0.2) is 38.3 Å². The normalized spacial score (nSPS) is 19.1. The van der Waals surface area contributed by atoms with E-state index in [1.54, 1.807) is 0 Å². The van der Waals surface area contributed by atoms with Gasteiger partial charge in [-0.15, -0.1) is 0 Å². The Kier molecular flexibility index (Phi) is 4.29. The molecule has 1 amide bonds. The number of benzene rings is 1. The van der Waals surface area contributed by atoms with Crippen molar-refractivity contribution < 1.29 is 9.53 Å². The number of hydrogen-bond acceptors (Lipinski definition) is 4. The second-order valence-corrected chi connectivity index (χ2v) is 5.83. The van der Waals surface area contributed by atoms with E-state index in [0.717, 1.165) is 56.8 Å². The second kappa shape index (κ2) is 6.35. The van der Waals surface area contributed by atoms with Crippen LogP contribution in [0.1, 0.15) is 24.8 Å². The fraction of sp³-hybridized carbons (Fsp3) is 0.562. The highest BCUT2D eigenvalue weighted by Crippen LogP contribution is 2.32. The van der Waals surface area contributed by atoms with Crippen LogP contribution in [0.3, 0.4) is 0 Å². The predicted octanol–water partition coefficient (Wildman–Crippen LogP) is 1.32. The van der Waals surface area contributed by atoms with Crippen molar-refractivity contribution in [1.29, 1.82) is 0 Å². The van der Waals surface area contributed by atoms with Gasteiger partial charge in [-0.05, 0) is 37.3 Å². The maximum Gasteiger partial charge on any atom is 0.239 e. The van der Waals surface area contributed by atoms with Crippen molar-refractivity contribution in [2.45, 2.75) is 31.7 Å². The molecule has 0 atom stereocenters. The molecule has 2 aliphatic heterocycles. The molecule has 0 aliphatic carbocycles. The van der Waals surface area contributed by atoms with Crippen LogP contribution in [0.2, 0.25) is 0 Å². The van der Waals surface area contributed by atoms with Crippen LogP contribution < -0.4 is 16.0 Å². The summed E-state index contributed by atoms with van der Waals surface area (Å²) in [5.74, 6) is 0.0815. The van der Waals surface area contributed by atoms with E-state index in [1.165, 1.54) is 5.56 Å².